The summed E-state index contributed by atoms with van der Waals surface area (Å²) in [5.74, 6) is 0.00451. The highest BCUT2D eigenvalue weighted by Crippen LogP contribution is 2.20. The maximum Gasteiger partial charge on any atom is 0.275 e. The fourth-order valence-electron chi connectivity index (χ4n) is 2.45. The van der Waals surface area contributed by atoms with Gasteiger partial charge in [-0.25, -0.2) is 9.97 Å². The molecule has 0 aliphatic rings. The second-order valence-electron chi connectivity index (χ2n) is 6.08. The molecule has 2 aromatic carbocycles. The van der Waals surface area contributed by atoms with E-state index in [0.29, 0.717) is 22.2 Å². The summed E-state index contributed by atoms with van der Waals surface area (Å²) in [4.78, 5) is 31.8. The summed E-state index contributed by atoms with van der Waals surface area (Å²) in [6.07, 6.45) is 2.87. The van der Waals surface area contributed by atoms with Gasteiger partial charge in [0.15, 0.2) is 0 Å². The highest BCUT2D eigenvalue weighted by atomic mass is 35.5. The molecule has 8 heteroatoms. The van der Waals surface area contributed by atoms with Gasteiger partial charge in [0.25, 0.3) is 5.91 Å². The number of anilines is 4. The van der Waals surface area contributed by atoms with Crippen molar-refractivity contribution in [1.29, 1.82) is 0 Å². The number of hydrogen-bond donors (Lipinski definition) is 3. The molecule has 142 valence electrons. The molecule has 28 heavy (non-hydrogen) atoms. The molecule has 0 bridgehead atoms. The Bertz CT molecular complexity index is 1000. The normalized spacial score (nSPS) is 10.2. The van der Waals surface area contributed by atoms with E-state index < -0.39 is 0 Å². The second-order valence-corrected chi connectivity index (χ2v) is 6.52. The van der Waals surface area contributed by atoms with Gasteiger partial charge in [-0.2, -0.15) is 0 Å². The molecule has 3 N–H and O–H groups in total. The van der Waals surface area contributed by atoms with E-state index >= 15 is 0 Å². The maximum absolute atomic E-state index is 12.3. The monoisotopic (exact) mass is 395 g/mol. The molecule has 2 amide bonds. The zero-order chi connectivity index (χ0) is 20.1. The minimum atomic E-state index is -0.357. The van der Waals surface area contributed by atoms with Gasteiger partial charge >= 0.3 is 0 Å². The number of aromatic nitrogens is 2. The molecule has 3 aromatic rings. The zero-order valence-corrected chi connectivity index (χ0v) is 16.0. The van der Waals surface area contributed by atoms with Crippen molar-refractivity contribution >= 4 is 46.3 Å². The first-order valence-corrected chi connectivity index (χ1v) is 8.83. The van der Waals surface area contributed by atoms with Gasteiger partial charge in [-0.3, -0.25) is 9.59 Å². The quantitative estimate of drug-likeness (QED) is 0.595. The van der Waals surface area contributed by atoms with E-state index in [9.17, 15) is 9.59 Å². The Morgan fingerprint density at radius 1 is 0.929 bits per heavy atom. The van der Waals surface area contributed by atoms with Crippen LogP contribution in [-0.2, 0) is 4.79 Å². The molecular weight excluding hydrogens is 378 g/mol. The van der Waals surface area contributed by atoms with Crippen LogP contribution in [0.5, 0.6) is 0 Å². The number of carbonyl (C=O) groups excluding carboxylic acids is 2. The van der Waals surface area contributed by atoms with Crippen molar-refractivity contribution in [3.63, 3.8) is 0 Å². The Balaban J connectivity index is 1.64. The van der Waals surface area contributed by atoms with Crippen molar-refractivity contribution in [1.82, 2.24) is 9.97 Å². The molecule has 3 rings (SSSR count). The minimum absolute atomic E-state index is 0.130. The first-order valence-electron chi connectivity index (χ1n) is 8.45. The van der Waals surface area contributed by atoms with E-state index in [-0.39, 0.29) is 17.5 Å². The highest BCUT2D eigenvalue weighted by Gasteiger charge is 2.10. The molecule has 1 aromatic heterocycles. The summed E-state index contributed by atoms with van der Waals surface area (Å²) < 4.78 is 0. The highest BCUT2D eigenvalue weighted by molar-refractivity contribution is 6.30. The summed E-state index contributed by atoms with van der Waals surface area (Å²) in [5.41, 5.74) is 3.19. The number of halogens is 1. The third-order valence-corrected chi connectivity index (χ3v) is 4.03. The van der Waals surface area contributed by atoms with Crippen LogP contribution in [0, 0.1) is 6.92 Å². The molecule has 0 aliphatic heterocycles. The molecule has 0 spiro atoms. The molecule has 0 saturated heterocycles. The van der Waals surface area contributed by atoms with Gasteiger partial charge in [0.1, 0.15) is 11.5 Å². The lowest BCUT2D eigenvalue weighted by molar-refractivity contribution is -0.114. The van der Waals surface area contributed by atoms with Gasteiger partial charge in [0.2, 0.25) is 5.91 Å². The van der Waals surface area contributed by atoms with Crippen LogP contribution in [-0.4, -0.2) is 21.8 Å². The molecule has 0 aliphatic carbocycles. The molecule has 0 fully saturated rings. The number of amides is 2. The van der Waals surface area contributed by atoms with Crippen LogP contribution in [0.3, 0.4) is 0 Å². The SMILES string of the molecule is CC(=O)Nc1ccc(Nc2cnc(C(=O)Nc3ccc(Cl)cc3C)cn2)cc1. The van der Waals surface area contributed by atoms with Gasteiger partial charge in [0.05, 0.1) is 12.4 Å². The van der Waals surface area contributed by atoms with Crippen molar-refractivity contribution in [3.05, 3.63) is 71.1 Å². The molecule has 0 unspecified atom stereocenters. The average molecular weight is 396 g/mol. The van der Waals surface area contributed by atoms with E-state index in [4.69, 9.17) is 11.6 Å². The smallest absolute Gasteiger partial charge is 0.275 e. The fraction of sp³-hybridized carbons (Fsp3) is 0.100. The van der Waals surface area contributed by atoms with Gasteiger partial charge in [0, 0.05) is 29.0 Å². The summed E-state index contributed by atoms with van der Waals surface area (Å²) in [5, 5.41) is 9.18. The lowest BCUT2D eigenvalue weighted by Crippen LogP contribution is -2.15. The third-order valence-electron chi connectivity index (χ3n) is 3.80. The molecule has 0 radical (unpaired) electrons. The summed E-state index contributed by atoms with van der Waals surface area (Å²) in [6, 6.07) is 12.4. The van der Waals surface area contributed by atoms with Crippen molar-refractivity contribution in [2.75, 3.05) is 16.0 Å². The van der Waals surface area contributed by atoms with Gasteiger partial charge < -0.3 is 16.0 Å². The third kappa shape index (κ3) is 5.05. The number of hydrogen-bond acceptors (Lipinski definition) is 5. The van der Waals surface area contributed by atoms with E-state index in [1.807, 2.05) is 6.92 Å². The number of nitrogens with zero attached hydrogens (tertiary/aromatic N) is 2. The predicted octanol–water partition coefficient (Wildman–Crippen LogP) is 4.39. The first kappa shape index (κ1) is 19.3. The van der Waals surface area contributed by atoms with Crippen molar-refractivity contribution < 1.29 is 9.59 Å². The number of rotatable bonds is 5. The summed E-state index contributed by atoms with van der Waals surface area (Å²) >= 11 is 5.92. The number of benzene rings is 2. The van der Waals surface area contributed by atoms with E-state index in [1.54, 1.807) is 42.5 Å². The average Bonchev–Trinajstić information content (AvgIpc) is 2.66. The number of aryl methyl sites for hydroxylation is 1. The topological polar surface area (TPSA) is 96.0 Å². The Labute approximate surface area is 167 Å². The lowest BCUT2D eigenvalue weighted by Gasteiger charge is -2.09. The van der Waals surface area contributed by atoms with Crippen LogP contribution in [0.2, 0.25) is 5.02 Å². The fourth-order valence-corrected chi connectivity index (χ4v) is 2.68. The first-order chi connectivity index (χ1) is 13.4. The summed E-state index contributed by atoms with van der Waals surface area (Å²) in [6.45, 7) is 3.31. The number of carbonyl (C=O) groups is 2. The van der Waals surface area contributed by atoms with E-state index in [0.717, 1.165) is 11.3 Å². The molecule has 7 nitrogen and oxygen atoms in total. The van der Waals surface area contributed by atoms with Crippen LogP contribution in [0.4, 0.5) is 22.9 Å². The largest absolute Gasteiger partial charge is 0.339 e. The van der Waals surface area contributed by atoms with E-state index in [2.05, 4.69) is 25.9 Å². The molecular formula is C20H18ClN5O2. The molecule has 1 heterocycles. The van der Waals surface area contributed by atoms with Crippen LogP contribution in [0.15, 0.2) is 54.9 Å². The lowest BCUT2D eigenvalue weighted by atomic mass is 10.2. The van der Waals surface area contributed by atoms with Crippen LogP contribution < -0.4 is 16.0 Å². The van der Waals surface area contributed by atoms with Gasteiger partial charge in [-0.1, -0.05) is 11.6 Å². The van der Waals surface area contributed by atoms with Crippen LogP contribution >= 0.6 is 11.6 Å². The summed E-state index contributed by atoms with van der Waals surface area (Å²) in [7, 11) is 0. The second kappa shape index (κ2) is 8.49. The Morgan fingerprint density at radius 2 is 1.64 bits per heavy atom. The maximum atomic E-state index is 12.3. The number of nitrogens with one attached hydrogen (secondary N) is 3. The van der Waals surface area contributed by atoms with Crippen LogP contribution in [0.25, 0.3) is 0 Å². The van der Waals surface area contributed by atoms with E-state index in [1.165, 1.54) is 19.3 Å². The Hall–Kier alpha value is -3.45. The van der Waals surface area contributed by atoms with Crippen LogP contribution in [0.1, 0.15) is 23.0 Å². The van der Waals surface area contributed by atoms with Gasteiger partial charge in [-0.05, 0) is 55.0 Å². The standard InChI is InChI=1S/C20H18ClN5O2/c1-12-9-14(21)3-8-17(12)26-20(28)18-10-23-19(11-22-18)25-16-6-4-15(5-7-16)24-13(2)27/h3-11H,1-2H3,(H,23,25)(H,24,27)(H,26,28). The van der Waals surface area contributed by atoms with Crippen molar-refractivity contribution in [2.24, 2.45) is 0 Å². The van der Waals surface area contributed by atoms with Gasteiger partial charge in [-0.15, -0.1) is 0 Å². The van der Waals surface area contributed by atoms with Crippen molar-refractivity contribution in [3.8, 4) is 0 Å². The zero-order valence-electron chi connectivity index (χ0n) is 15.3. The van der Waals surface area contributed by atoms with Crippen molar-refractivity contribution in [2.45, 2.75) is 13.8 Å². The predicted molar refractivity (Wildman–Crippen MR) is 110 cm³/mol. The molecule has 0 atom stereocenters. The molecule has 0 saturated carbocycles. The Morgan fingerprint density at radius 3 is 2.25 bits per heavy atom. The minimum Gasteiger partial charge on any atom is -0.339 e. The Kier molecular flexibility index (Phi) is 5.86.